The van der Waals surface area contributed by atoms with E-state index in [-0.39, 0.29) is 53.2 Å². The fourth-order valence-corrected chi connectivity index (χ4v) is 9.19. The summed E-state index contributed by atoms with van der Waals surface area (Å²) < 4.78 is 66.6. The molecule has 12 heteroatoms. The first kappa shape index (κ1) is 30.8. The van der Waals surface area contributed by atoms with Gasteiger partial charge in [0, 0.05) is 45.1 Å². The van der Waals surface area contributed by atoms with E-state index in [1.807, 2.05) is 13.8 Å². The molecule has 0 bridgehead atoms. The number of benzene rings is 1. The third-order valence-corrected chi connectivity index (χ3v) is 11.2. The largest absolute Gasteiger partial charge is 0.421 e. The molecule has 0 spiro atoms. The summed E-state index contributed by atoms with van der Waals surface area (Å²) in [5.74, 6) is -1.65. The molecule has 0 radical (unpaired) electrons. The summed E-state index contributed by atoms with van der Waals surface area (Å²) in [6, 6.07) is 3.45. The number of aryl methyl sites for hydroxylation is 2. The lowest BCUT2D eigenvalue weighted by atomic mass is 9.85. The number of sulfone groups is 1. The minimum Gasteiger partial charge on any atom is -0.421 e. The maximum absolute atomic E-state index is 13.9. The summed E-state index contributed by atoms with van der Waals surface area (Å²) in [4.78, 5) is 20.3. The predicted octanol–water partition coefficient (Wildman–Crippen LogP) is 5.16. The second kappa shape index (κ2) is 12.3. The molecule has 3 aliphatic heterocycles. The van der Waals surface area contributed by atoms with Crippen molar-refractivity contribution in [3.05, 3.63) is 58.2 Å². The number of carbonyl (C=O) groups is 1. The molecule has 6 rings (SSSR count). The van der Waals surface area contributed by atoms with Crippen LogP contribution in [-0.2, 0) is 32.2 Å². The minimum absolute atomic E-state index is 0.0167. The predicted molar refractivity (Wildman–Crippen MR) is 158 cm³/mol. The van der Waals surface area contributed by atoms with Crippen LogP contribution in [0.15, 0.2) is 27.5 Å². The van der Waals surface area contributed by atoms with E-state index in [0.29, 0.717) is 53.6 Å². The van der Waals surface area contributed by atoms with Crippen molar-refractivity contribution < 1.29 is 31.1 Å². The van der Waals surface area contributed by atoms with Crippen LogP contribution >= 0.6 is 0 Å². The molecule has 5 heterocycles. The highest BCUT2D eigenvalue weighted by molar-refractivity contribution is 7.91. The van der Waals surface area contributed by atoms with E-state index in [0.717, 1.165) is 50.3 Å². The molecule has 1 aromatic carbocycles. The van der Waals surface area contributed by atoms with Gasteiger partial charge < -0.3 is 14.1 Å². The molecule has 2 fully saturated rings. The zero-order valence-electron chi connectivity index (χ0n) is 25.3. The first-order valence-electron chi connectivity index (χ1n) is 15.4. The molecule has 0 N–H and O–H groups in total. The SMILES string of the molecule is Cc1nnc(-c2c(CCC3CCOCC3)nc3c(c2[C@H]2CCN(C(=O)Cc4ccc(F)c(F)c4)C2)S(=O)(=O)C[C@H]3C(C)C)o1. The molecule has 2 saturated heterocycles. The van der Waals surface area contributed by atoms with Crippen molar-refractivity contribution in [1.29, 1.82) is 0 Å². The van der Waals surface area contributed by atoms with Crippen LogP contribution in [0.4, 0.5) is 8.78 Å². The van der Waals surface area contributed by atoms with E-state index in [2.05, 4.69) is 10.2 Å². The number of rotatable bonds is 8. The minimum atomic E-state index is -3.69. The third kappa shape index (κ3) is 6.02. The summed E-state index contributed by atoms with van der Waals surface area (Å²) in [5.41, 5.74) is 2.92. The summed E-state index contributed by atoms with van der Waals surface area (Å²) in [5, 5.41) is 8.40. The molecule has 0 unspecified atom stereocenters. The Morgan fingerprint density at radius 1 is 1.11 bits per heavy atom. The number of ether oxygens (including phenoxy) is 1. The average Bonchev–Trinajstić information content (AvgIpc) is 3.71. The van der Waals surface area contributed by atoms with E-state index >= 15 is 0 Å². The number of aromatic nitrogens is 3. The van der Waals surface area contributed by atoms with E-state index in [1.165, 1.54) is 6.07 Å². The van der Waals surface area contributed by atoms with E-state index < -0.39 is 21.5 Å². The van der Waals surface area contributed by atoms with Gasteiger partial charge in [0.15, 0.2) is 21.5 Å². The van der Waals surface area contributed by atoms with E-state index in [4.69, 9.17) is 14.1 Å². The fourth-order valence-electron chi connectivity index (χ4n) is 6.89. The summed E-state index contributed by atoms with van der Waals surface area (Å²) >= 11 is 0. The molecule has 2 atom stereocenters. The first-order chi connectivity index (χ1) is 21.0. The Hall–Kier alpha value is -3.25. The van der Waals surface area contributed by atoms with Crippen molar-refractivity contribution in [2.45, 2.75) is 76.0 Å². The lowest BCUT2D eigenvalue weighted by Gasteiger charge is -2.25. The van der Waals surface area contributed by atoms with Crippen LogP contribution in [0.5, 0.6) is 0 Å². The van der Waals surface area contributed by atoms with Gasteiger partial charge in [-0.1, -0.05) is 19.9 Å². The third-order valence-electron chi connectivity index (χ3n) is 9.32. The van der Waals surface area contributed by atoms with Gasteiger partial charge in [-0.15, -0.1) is 10.2 Å². The Bertz CT molecular complexity index is 1670. The number of carbonyl (C=O) groups excluding carboxylic acids is 1. The Morgan fingerprint density at radius 3 is 2.57 bits per heavy atom. The van der Waals surface area contributed by atoms with Crippen molar-refractivity contribution in [2.75, 3.05) is 32.1 Å². The monoisotopic (exact) mass is 628 g/mol. The van der Waals surface area contributed by atoms with Gasteiger partial charge in [0.05, 0.1) is 34.0 Å². The second-order valence-corrected chi connectivity index (χ2v) is 14.6. The van der Waals surface area contributed by atoms with Crippen LogP contribution in [0.1, 0.15) is 79.8 Å². The molecule has 2 aromatic heterocycles. The molecule has 9 nitrogen and oxygen atoms in total. The summed E-state index contributed by atoms with van der Waals surface area (Å²) in [6.07, 6.45) is 3.87. The number of pyridine rings is 1. The van der Waals surface area contributed by atoms with Crippen LogP contribution in [0.2, 0.25) is 0 Å². The second-order valence-electron chi connectivity index (χ2n) is 12.7. The van der Waals surface area contributed by atoms with Crippen LogP contribution in [0.3, 0.4) is 0 Å². The van der Waals surface area contributed by atoms with Crippen LogP contribution in [-0.4, -0.2) is 66.5 Å². The number of likely N-dealkylation sites (tertiary alicyclic amines) is 1. The number of nitrogens with zero attached hydrogens (tertiary/aromatic N) is 4. The van der Waals surface area contributed by atoms with Gasteiger partial charge in [-0.25, -0.2) is 17.2 Å². The molecule has 3 aliphatic rings. The zero-order valence-corrected chi connectivity index (χ0v) is 26.1. The van der Waals surface area contributed by atoms with Crippen LogP contribution in [0, 0.1) is 30.4 Å². The molecule has 1 amide bonds. The fraction of sp³-hybridized carbons (Fsp3) is 0.562. The van der Waals surface area contributed by atoms with Gasteiger partial charge in [-0.2, -0.15) is 0 Å². The molecule has 44 heavy (non-hydrogen) atoms. The maximum Gasteiger partial charge on any atom is 0.249 e. The Morgan fingerprint density at radius 2 is 1.89 bits per heavy atom. The van der Waals surface area contributed by atoms with Crippen molar-refractivity contribution in [1.82, 2.24) is 20.1 Å². The average molecular weight is 629 g/mol. The zero-order chi connectivity index (χ0) is 31.2. The van der Waals surface area contributed by atoms with Crippen molar-refractivity contribution >= 4 is 15.7 Å². The highest BCUT2D eigenvalue weighted by Gasteiger charge is 2.45. The highest BCUT2D eigenvalue weighted by atomic mass is 32.2. The Balaban J connectivity index is 1.42. The topological polar surface area (TPSA) is 115 Å². The molecule has 3 aromatic rings. The molecule has 0 aliphatic carbocycles. The number of hydrogen-bond donors (Lipinski definition) is 0. The normalized spacial score (nSPS) is 21.7. The van der Waals surface area contributed by atoms with Crippen LogP contribution < -0.4 is 0 Å². The van der Waals surface area contributed by atoms with Gasteiger partial charge in [-0.05, 0) is 67.2 Å². The smallest absolute Gasteiger partial charge is 0.249 e. The van der Waals surface area contributed by atoms with Crippen molar-refractivity contribution in [3.63, 3.8) is 0 Å². The molecule has 0 saturated carbocycles. The van der Waals surface area contributed by atoms with Crippen molar-refractivity contribution in [3.8, 4) is 11.5 Å². The first-order valence-corrected chi connectivity index (χ1v) is 17.1. The van der Waals surface area contributed by atoms with Crippen molar-refractivity contribution in [2.24, 2.45) is 11.8 Å². The van der Waals surface area contributed by atoms with E-state index in [1.54, 1.807) is 11.8 Å². The van der Waals surface area contributed by atoms with Crippen LogP contribution in [0.25, 0.3) is 11.5 Å². The number of amides is 1. The standard InChI is InChI=1S/C32H38F2N4O5S/c1-18(2)23-17-44(40,41)31-28(22-8-11-38(16-22)27(39)15-21-4-6-24(33)25(34)14-21)29(32-37-36-19(3)43-32)26(35-30(23)31)7-5-20-9-12-42-13-10-20/h4,6,14,18,20,22-23H,5,7-13,15-17H2,1-3H3/t22-,23-/m0/s1. The Labute approximate surface area is 256 Å². The Kier molecular flexibility index (Phi) is 8.58. The lowest BCUT2D eigenvalue weighted by molar-refractivity contribution is -0.129. The number of halogens is 2. The van der Waals surface area contributed by atoms with Gasteiger partial charge in [-0.3, -0.25) is 9.78 Å². The maximum atomic E-state index is 13.9. The molecular formula is C32H38F2N4O5S. The van der Waals surface area contributed by atoms with Gasteiger partial charge in [0.25, 0.3) is 0 Å². The highest BCUT2D eigenvalue weighted by Crippen LogP contribution is 2.48. The lowest BCUT2D eigenvalue weighted by Crippen LogP contribution is -2.30. The number of hydrogen-bond acceptors (Lipinski definition) is 8. The van der Waals surface area contributed by atoms with Gasteiger partial charge >= 0.3 is 0 Å². The van der Waals surface area contributed by atoms with Gasteiger partial charge in [0.1, 0.15) is 0 Å². The number of fused-ring (bicyclic) bond motifs is 1. The summed E-state index contributed by atoms with van der Waals surface area (Å²) in [6.45, 7) is 7.86. The molecular weight excluding hydrogens is 590 g/mol. The summed E-state index contributed by atoms with van der Waals surface area (Å²) in [7, 11) is -3.69. The van der Waals surface area contributed by atoms with Gasteiger partial charge in [0.2, 0.25) is 17.7 Å². The molecule has 236 valence electrons. The van der Waals surface area contributed by atoms with E-state index in [9.17, 15) is 22.0 Å². The quantitative estimate of drug-likeness (QED) is 0.336.